The van der Waals surface area contributed by atoms with Gasteiger partial charge < -0.3 is 14.6 Å². The molecule has 0 fully saturated rings. The standard InChI is InChI=1S/C19H26ClNO5/c1-6-25-17(23)16(21(5)18(24)26-19(2,3)4)15(22)12-9-13-7-10-14(20)11-8-13/h7-12,15-16,22H,6H2,1-5H3/b12-9+. The van der Waals surface area contributed by atoms with E-state index in [1.54, 1.807) is 58.0 Å². The van der Waals surface area contributed by atoms with Crippen molar-refractivity contribution in [2.24, 2.45) is 0 Å². The molecule has 6 nitrogen and oxygen atoms in total. The minimum absolute atomic E-state index is 0.130. The van der Waals surface area contributed by atoms with Crippen molar-refractivity contribution in [3.63, 3.8) is 0 Å². The number of carbonyl (C=O) groups excluding carboxylic acids is 2. The van der Waals surface area contributed by atoms with Gasteiger partial charge in [-0.1, -0.05) is 35.9 Å². The molecule has 0 bridgehead atoms. The summed E-state index contributed by atoms with van der Waals surface area (Å²) in [5.74, 6) is -0.714. The summed E-state index contributed by atoms with van der Waals surface area (Å²) in [6, 6.07) is 5.73. The van der Waals surface area contributed by atoms with Crippen LogP contribution in [0.15, 0.2) is 30.3 Å². The van der Waals surface area contributed by atoms with Crippen molar-refractivity contribution in [1.82, 2.24) is 4.90 Å². The summed E-state index contributed by atoms with van der Waals surface area (Å²) in [5.41, 5.74) is 0.0604. The predicted octanol–water partition coefficient (Wildman–Crippen LogP) is 3.51. The number of aliphatic hydroxyl groups is 1. The Labute approximate surface area is 159 Å². The van der Waals surface area contributed by atoms with E-state index in [4.69, 9.17) is 21.1 Å². The van der Waals surface area contributed by atoms with Crippen LogP contribution in [-0.4, -0.2) is 53.5 Å². The van der Waals surface area contributed by atoms with Crippen LogP contribution in [0, 0.1) is 0 Å². The molecule has 0 aliphatic carbocycles. The van der Waals surface area contributed by atoms with Crippen molar-refractivity contribution in [2.75, 3.05) is 13.7 Å². The second-order valence-electron chi connectivity index (χ2n) is 6.69. The number of rotatable bonds is 6. The monoisotopic (exact) mass is 383 g/mol. The molecule has 0 aromatic heterocycles. The fraction of sp³-hybridized carbons (Fsp3) is 0.474. The van der Waals surface area contributed by atoms with E-state index < -0.39 is 29.8 Å². The first-order valence-electron chi connectivity index (χ1n) is 8.29. The molecular weight excluding hydrogens is 358 g/mol. The van der Waals surface area contributed by atoms with E-state index in [1.165, 1.54) is 13.1 Å². The zero-order valence-corrected chi connectivity index (χ0v) is 16.5. The first-order chi connectivity index (χ1) is 12.0. The molecule has 1 rings (SSSR count). The number of hydrogen-bond acceptors (Lipinski definition) is 5. The zero-order chi connectivity index (χ0) is 19.9. The van der Waals surface area contributed by atoms with Crippen LogP contribution in [0.1, 0.15) is 33.3 Å². The summed E-state index contributed by atoms with van der Waals surface area (Å²) >= 11 is 5.84. The summed E-state index contributed by atoms with van der Waals surface area (Å²) in [7, 11) is 1.38. The van der Waals surface area contributed by atoms with Crippen LogP contribution in [0.4, 0.5) is 4.79 Å². The summed E-state index contributed by atoms with van der Waals surface area (Å²) < 4.78 is 10.3. The van der Waals surface area contributed by atoms with E-state index in [0.29, 0.717) is 5.02 Å². The van der Waals surface area contributed by atoms with Crippen LogP contribution < -0.4 is 0 Å². The quantitative estimate of drug-likeness (QED) is 0.760. The van der Waals surface area contributed by atoms with E-state index in [9.17, 15) is 14.7 Å². The molecule has 0 saturated heterocycles. The van der Waals surface area contributed by atoms with Gasteiger partial charge in [0.15, 0.2) is 6.04 Å². The number of amides is 1. The van der Waals surface area contributed by atoms with Crippen molar-refractivity contribution in [1.29, 1.82) is 0 Å². The maximum Gasteiger partial charge on any atom is 0.410 e. The van der Waals surface area contributed by atoms with Crippen molar-refractivity contribution < 1.29 is 24.2 Å². The Kier molecular flexibility index (Phi) is 8.11. The Balaban J connectivity index is 2.98. The molecule has 26 heavy (non-hydrogen) atoms. The van der Waals surface area contributed by atoms with Gasteiger partial charge in [0.25, 0.3) is 0 Å². The van der Waals surface area contributed by atoms with Crippen molar-refractivity contribution in [3.8, 4) is 0 Å². The summed E-state index contributed by atoms with van der Waals surface area (Å²) in [4.78, 5) is 25.6. The summed E-state index contributed by atoms with van der Waals surface area (Å²) in [6.45, 7) is 6.93. The van der Waals surface area contributed by atoms with Crippen LogP contribution >= 0.6 is 11.6 Å². The van der Waals surface area contributed by atoms with E-state index in [2.05, 4.69) is 0 Å². The number of aliphatic hydroxyl groups excluding tert-OH is 1. The van der Waals surface area contributed by atoms with Gasteiger partial charge in [0.05, 0.1) is 6.61 Å². The molecule has 144 valence electrons. The Morgan fingerprint density at radius 1 is 1.27 bits per heavy atom. The van der Waals surface area contributed by atoms with Crippen molar-refractivity contribution in [3.05, 3.63) is 40.9 Å². The number of nitrogens with zero attached hydrogens (tertiary/aromatic N) is 1. The average Bonchev–Trinajstić information content (AvgIpc) is 2.53. The van der Waals surface area contributed by atoms with Crippen LogP contribution in [-0.2, 0) is 14.3 Å². The van der Waals surface area contributed by atoms with E-state index in [1.807, 2.05) is 0 Å². The lowest BCUT2D eigenvalue weighted by atomic mass is 10.1. The number of ether oxygens (including phenoxy) is 2. The third kappa shape index (κ3) is 7.06. The number of carbonyl (C=O) groups is 2. The number of likely N-dealkylation sites (N-methyl/N-ethyl adjacent to an activating group) is 1. The highest BCUT2D eigenvalue weighted by Crippen LogP contribution is 2.16. The van der Waals surface area contributed by atoms with Gasteiger partial charge in [-0.25, -0.2) is 9.59 Å². The van der Waals surface area contributed by atoms with E-state index in [-0.39, 0.29) is 6.61 Å². The second-order valence-corrected chi connectivity index (χ2v) is 7.13. The van der Waals surface area contributed by atoms with Crippen molar-refractivity contribution >= 4 is 29.7 Å². The molecule has 0 heterocycles. The Hall–Kier alpha value is -2.05. The smallest absolute Gasteiger partial charge is 0.410 e. The highest BCUT2D eigenvalue weighted by Gasteiger charge is 2.35. The molecule has 2 atom stereocenters. The minimum atomic E-state index is -1.28. The molecule has 1 aromatic rings. The number of halogens is 1. The largest absolute Gasteiger partial charge is 0.464 e. The highest BCUT2D eigenvalue weighted by atomic mass is 35.5. The lowest BCUT2D eigenvalue weighted by Crippen LogP contribution is -2.51. The van der Waals surface area contributed by atoms with Crippen LogP contribution in [0.2, 0.25) is 5.02 Å². The second kappa shape index (κ2) is 9.59. The molecule has 0 spiro atoms. The molecule has 2 unspecified atom stereocenters. The molecule has 0 aliphatic heterocycles. The fourth-order valence-electron chi connectivity index (χ4n) is 2.09. The maximum absolute atomic E-state index is 12.3. The predicted molar refractivity (Wildman–Crippen MR) is 101 cm³/mol. The Bertz CT molecular complexity index is 636. The van der Waals surface area contributed by atoms with E-state index in [0.717, 1.165) is 10.5 Å². The van der Waals surface area contributed by atoms with Gasteiger partial charge in [-0.2, -0.15) is 0 Å². The number of esters is 1. The third-order valence-electron chi connectivity index (χ3n) is 3.31. The molecule has 1 aromatic carbocycles. The molecule has 0 saturated carbocycles. The van der Waals surface area contributed by atoms with Crippen LogP contribution in [0.25, 0.3) is 6.08 Å². The molecule has 1 N–H and O–H groups in total. The van der Waals surface area contributed by atoms with Gasteiger partial charge in [0.2, 0.25) is 0 Å². The Morgan fingerprint density at radius 2 is 1.85 bits per heavy atom. The SMILES string of the molecule is CCOC(=O)C(C(O)/C=C/c1ccc(Cl)cc1)N(C)C(=O)OC(C)(C)C. The average molecular weight is 384 g/mol. The van der Waals surface area contributed by atoms with E-state index >= 15 is 0 Å². The van der Waals surface area contributed by atoms with Gasteiger partial charge in [-0.3, -0.25) is 4.90 Å². The molecule has 0 aliphatic rings. The first kappa shape index (κ1) is 22.0. The van der Waals surface area contributed by atoms with Gasteiger partial charge in [-0.05, 0) is 45.4 Å². The number of benzene rings is 1. The van der Waals surface area contributed by atoms with Gasteiger partial charge >= 0.3 is 12.1 Å². The number of hydrogen-bond donors (Lipinski definition) is 1. The lowest BCUT2D eigenvalue weighted by Gasteiger charge is -2.31. The van der Waals surface area contributed by atoms with Crippen molar-refractivity contribution in [2.45, 2.75) is 45.4 Å². The van der Waals surface area contributed by atoms with Crippen LogP contribution in [0.3, 0.4) is 0 Å². The lowest BCUT2D eigenvalue weighted by molar-refractivity contribution is -0.152. The van der Waals surface area contributed by atoms with Gasteiger partial charge in [0, 0.05) is 12.1 Å². The molecule has 0 radical (unpaired) electrons. The minimum Gasteiger partial charge on any atom is -0.464 e. The Morgan fingerprint density at radius 3 is 2.35 bits per heavy atom. The topological polar surface area (TPSA) is 76.1 Å². The highest BCUT2D eigenvalue weighted by molar-refractivity contribution is 6.30. The maximum atomic E-state index is 12.3. The zero-order valence-electron chi connectivity index (χ0n) is 15.7. The molecule has 1 amide bonds. The van der Waals surface area contributed by atoms with Gasteiger partial charge in [0.1, 0.15) is 11.7 Å². The fourth-order valence-corrected chi connectivity index (χ4v) is 2.22. The first-order valence-corrected chi connectivity index (χ1v) is 8.67. The normalized spacial score (nSPS) is 14.0. The summed E-state index contributed by atoms with van der Waals surface area (Å²) in [6.07, 6.45) is 1.05. The molecular formula is C19H26ClNO5. The van der Waals surface area contributed by atoms with Gasteiger partial charge in [-0.15, -0.1) is 0 Å². The summed E-state index contributed by atoms with van der Waals surface area (Å²) in [5, 5.41) is 11.1. The van der Waals surface area contributed by atoms with Crippen LogP contribution in [0.5, 0.6) is 0 Å². The molecule has 7 heteroatoms. The third-order valence-corrected chi connectivity index (χ3v) is 3.56.